The molecule has 1 aromatic carbocycles. The van der Waals surface area contributed by atoms with Gasteiger partial charge in [-0.15, -0.1) is 0 Å². The fraction of sp³-hybridized carbons (Fsp3) is 0.545. The smallest absolute Gasteiger partial charge is 0.251 e. The molecule has 1 aromatic heterocycles. The number of aromatic nitrogens is 1. The fourth-order valence-corrected chi connectivity index (χ4v) is 4.64. The average Bonchev–Trinajstić information content (AvgIpc) is 3.00. The molecule has 3 rings (SSSR count). The lowest BCUT2D eigenvalue weighted by Crippen LogP contribution is -2.41. The van der Waals surface area contributed by atoms with Crippen molar-refractivity contribution in [1.29, 1.82) is 0 Å². The summed E-state index contributed by atoms with van der Waals surface area (Å²) < 4.78 is 2.28. The van der Waals surface area contributed by atoms with Crippen molar-refractivity contribution < 1.29 is 14.7 Å². The molecule has 7 nitrogen and oxygen atoms in total. The number of nitrogens with zero attached hydrogens (tertiary/aromatic N) is 2. The number of carbonyl (C=O) groups is 2. The van der Waals surface area contributed by atoms with Crippen molar-refractivity contribution in [3.63, 3.8) is 0 Å². The molecule has 0 unspecified atom stereocenters. The second kappa shape index (κ2) is 9.41. The van der Waals surface area contributed by atoms with E-state index in [9.17, 15) is 9.59 Å². The maximum atomic E-state index is 12.0. The summed E-state index contributed by atoms with van der Waals surface area (Å²) in [7, 11) is 0. The Balaban J connectivity index is 1.64. The summed E-state index contributed by atoms with van der Waals surface area (Å²) >= 11 is 0. The molecule has 0 aliphatic carbocycles. The highest BCUT2D eigenvalue weighted by Crippen LogP contribution is 2.35. The van der Waals surface area contributed by atoms with Crippen molar-refractivity contribution in [2.24, 2.45) is 11.7 Å². The lowest BCUT2D eigenvalue weighted by Gasteiger charge is -2.36. The monoisotopic (exact) mass is 400 g/mol. The van der Waals surface area contributed by atoms with Gasteiger partial charge in [0.25, 0.3) is 5.91 Å². The van der Waals surface area contributed by atoms with E-state index in [1.807, 2.05) is 25.1 Å². The zero-order valence-corrected chi connectivity index (χ0v) is 17.4. The van der Waals surface area contributed by atoms with Crippen LogP contribution in [0.3, 0.4) is 0 Å². The number of para-hydroxylation sites is 1. The number of piperidine rings is 1. The third-order valence-electron chi connectivity index (χ3n) is 6.21. The fourth-order valence-electron chi connectivity index (χ4n) is 4.64. The van der Waals surface area contributed by atoms with Crippen LogP contribution in [-0.2, 0) is 4.79 Å². The Morgan fingerprint density at radius 3 is 2.62 bits per heavy atom. The second-order valence-corrected chi connectivity index (χ2v) is 7.96. The normalized spacial score (nSPS) is 16.8. The molecule has 29 heavy (non-hydrogen) atoms. The van der Waals surface area contributed by atoms with Crippen LogP contribution in [0, 0.1) is 12.8 Å². The van der Waals surface area contributed by atoms with Gasteiger partial charge >= 0.3 is 0 Å². The van der Waals surface area contributed by atoms with Crippen LogP contribution in [0.2, 0.25) is 0 Å². The molecule has 0 radical (unpaired) electrons. The minimum Gasteiger partial charge on any atom is -0.396 e. The zero-order chi connectivity index (χ0) is 21.0. The molecule has 0 spiro atoms. The predicted octanol–water partition coefficient (Wildman–Crippen LogP) is 1.82. The van der Waals surface area contributed by atoms with Gasteiger partial charge in [0.1, 0.15) is 0 Å². The van der Waals surface area contributed by atoms with Gasteiger partial charge in [-0.05, 0) is 51.8 Å². The number of nitrogens with one attached hydrogen (secondary N) is 1. The van der Waals surface area contributed by atoms with Crippen LogP contribution in [0.15, 0.2) is 24.3 Å². The largest absolute Gasteiger partial charge is 0.396 e. The summed E-state index contributed by atoms with van der Waals surface area (Å²) in [5.41, 5.74) is 8.32. The molecule has 0 saturated carbocycles. The SMILES string of the molecule is Cc1c(C(N)=O)c2ccccc2n1[C@@H](C)C1CCN(CCNC(=O)CCO)CC1. The first-order valence-electron chi connectivity index (χ1n) is 10.4. The van der Waals surface area contributed by atoms with Gasteiger partial charge in [0.15, 0.2) is 0 Å². The quantitative estimate of drug-likeness (QED) is 0.629. The van der Waals surface area contributed by atoms with Crippen LogP contribution in [0.25, 0.3) is 10.9 Å². The number of nitrogens with two attached hydrogens (primary N) is 1. The molecule has 2 amide bonds. The first-order chi connectivity index (χ1) is 13.9. The molecule has 1 aliphatic rings. The van der Waals surface area contributed by atoms with E-state index in [-0.39, 0.29) is 30.9 Å². The van der Waals surface area contributed by atoms with E-state index in [4.69, 9.17) is 10.8 Å². The van der Waals surface area contributed by atoms with Crippen molar-refractivity contribution >= 4 is 22.7 Å². The zero-order valence-electron chi connectivity index (χ0n) is 17.4. The molecule has 158 valence electrons. The van der Waals surface area contributed by atoms with Gasteiger partial charge in [0.05, 0.1) is 12.2 Å². The summed E-state index contributed by atoms with van der Waals surface area (Å²) in [5, 5.41) is 12.6. The summed E-state index contributed by atoms with van der Waals surface area (Å²) in [6.45, 7) is 7.54. The van der Waals surface area contributed by atoms with E-state index in [0.29, 0.717) is 18.0 Å². The van der Waals surface area contributed by atoms with E-state index in [2.05, 4.69) is 27.8 Å². The topological polar surface area (TPSA) is 101 Å². The molecule has 4 N–H and O–H groups in total. The van der Waals surface area contributed by atoms with E-state index < -0.39 is 0 Å². The Morgan fingerprint density at radius 2 is 1.97 bits per heavy atom. The van der Waals surface area contributed by atoms with E-state index in [1.54, 1.807) is 0 Å². The van der Waals surface area contributed by atoms with Crippen LogP contribution >= 0.6 is 0 Å². The molecule has 2 heterocycles. The molecule has 7 heteroatoms. The number of aliphatic hydroxyl groups is 1. The van der Waals surface area contributed by atoms with Gasteiger partial charge in [0, 0.05) is 42.1 Å². The van der Waals surface area contributed by atoms with E-state index >= 15 is 0 Å². The number of hydrogen-bond donors (Lipinski definition) is 3. The lowest BCUT2D eigenvalue weighted by atomic mass is 9.90. The van der Waals surface area contributed by atoms with Gasteiger partial charge in [-0.3, -0.25) is 9.59 Å². The third-order valence-corrected chi connectivity index (χ3v) is 6.21. The minimum atomic E-state index is -0.372. The van der Waals surface area contributed by atoms with Crippen molar-refractivity contribution in [3.05, 3.63) is 35.5 Å². The van der Waals surface area contributed by atoms with Crippen molar-refractivity contribution in [2.45, 2.75) is 39.2 Å². The number of fused-ring (bicyclic) bond motifs is 1. The van der Waals surface area contributed by atoms with Gasteiger partial charge in [-0.2, -0.15) is 0 Å². The number of rotatable bonds is 8. The second-order valence-electron chi connectivity index (χ2n) is 7.96. The van der Waals surface area contributed by atoms with Crippen LogP contribution in [0.4, 0.5) is 0 Å². The maximum absolute atomic E-state index is 12.0. The molecular formula is C22H32N4O3. The van der Waals surface area contributed by atoms with Gasteiger partial charge in [0.2, 0.25) is 5.91 Å². The molecular weight excluding hydrogens is 368 g/mol. The first-order valence-corrected chi connectivity index (χ1v) is 10.4. The standard InChI is InChI=1S/C22H32N4O3/c1-15(17-7-11-25(12-8-17)13-10-24-20(28)9-14-27)26-16(2)21(22(23)29)18-5-3-4-6-19(18)26/h3-6,15,17,27H,7-14H2,1-2H3,(H2,23,29)(H,24,28)/t15-/m0/s1. The number of benzene rings is 1. The highest BCUT2D eigenvalue weighted by Gasteiger charge is 2.28. The number of primary amides is 1. The van der Waals surface area contributed by atoms with Crippen LogP contribution < -0.4 is 11.1 Å². The number of likely N-dealkylation sites (tertiary alicyclic amines) is 1. The minimum absolute atomic E-state index is 0.101. The predicted molar refractivity (Wildman–Crippen MR) is 114 cm³/mol. The Bertz CT molecular complexity index is 868. The molecule has 1 fully saturated rings. The average molecular weight is 401 g/mol. The molecule has 0 bridgehead atoms. The number of hydrogen-bond acceptors (Lipinski definition) is 4. The Hall–Kier alpha value is -2.38. The summed E-state index contributed by atoms with van der Waals surface area (Å²) in [6, 6.07) is 8.26. The van der Waals surface area contributed by atoms with Gasteiger partial charge < -0.3 is 25.6 Å². The molecule has 2 aromatic rings. The van der Waals surface area contributed by atoms with Crippen LogP contribution in [-0.4, -0.2) is 59.2 Å². The summed E-state index contributed by atoms with van der Waals surface area (Å²) in [5.74, 6) is 0.0457. The molecule has 1 saturated heterocycles. The van der Waals surface area contributed by atoms with Gasteiger partial charge in [-0.25, -0.2) is 0 Å². The van der Waals surface area contributed by atoms with Crippen molar-refractivity contribution in [3.8, 4) is 0 Å². The van der Waals surface area contributed by atoms with Crippen LogP contribution in [0.5, 0.6) is 0 Å². The lowest BCUT2D eigenvalue weighted by molar-refractivity contribution is -0.121. The number of amides is 2. The molecule has 1 aliphatic heterocycles. The van der Waals surface area contributed by atoms with Gasteiger partial charge in [-0.1, -0.05) is 18.2 Å². The summed E-state index contributed by atoms with van der Waals surface area (Å²) in [6.07, 6.45) is 2.31. The maximum Gasteiger partial charge on any atom is 0.251 e. The van der Waals surface area contributed by atoms with E-state index in [1.165, 1.54) is 0 Å². The number of aliphatic hydroxyl groups excluding tert-OH is 1. The third kappa shape index (κ3) is 4.62. The Morgan fingerprint density at radius 1 is 1.28 bits per heavy atom. The van der Waals surface area contributed by atoms with Crippen molar-refractivity contribution in [2.75, 3.05) is 32.8 Å². The Labute approximate surface area is 171 Å². The first kappa shape index (κ1) is 21.3. The van der Waals surface area contributed by atoms with E-state index in [0.717, 1.165) is 49.1 Å². The Kier molecular flexibility index (Phi) is 6.92. The highest BCUT2D eigenvalue weighted by molar-refractivity contribution is 6.07. The number of carbonyl (C=O) groups excluding carboxylic acids is 2. The van der Waals surface area contributed by atoms with Crippen molar-refractivity contribution in [1.82, 2.24) is 14.8 Å². The molecule has 1 atom stereocenters. The highest BCUT2D eigenvalue weighted by atomic mass is 16.3. The van der Waals surface area contributed by atoms with Crippen LogP contribution in [0.1, 0.15) is 48.3 Å². The summed E-state index contributed by atoms with van der Waals surface area (Å²) in [4.78, 5) is 25.9.